The zero-order valence-electron chi connectivity index (χ0n) is 12.3. The summed E-state index contributed by atoms with van der Waals surface area (Å²) in [7, 11) is -1.89. The quantitative estimate of drug-likeness (QED) is 0.783. The van der Waals surface area contributed by atoms with E-state index in [2.05, 4.69) is 18.6 Å². The molecule has 0 radical (unpaired) electrons. The van der Waals surface area contributed by atoms with Gasteiger partial charge in [-0.25, -0.2) is 13.1 Å². The molecular weight excluding hydrogens is 322 g/mol. The summed E-state index contributed by atoms with van der Waals surface area (Å²) in [4.78, 5) is 0.146. The van der Waals surface area contributed by atoms with Crippen molar-refractivity contribution in [3.8, 4) is 0 Å². The number of fused-ring (bicyclic) bond motifs is 1. The first kappa shape index (κ1) is 15.1. The van der Waals surface area contributed by atoms with Crippen LogP contribution in [-0.4, -0.2) is 26.9 Å². The van der Waals surface area contributed by atoms with Gasteiger partial charge in [-0.05, 0) is 26.0 Å². The molecule has 1 atom stereocenters. The second-order valence-corrected chi connectivity index (χ2v) is 7.29. The van der Waals surface area contributed by atoms with Gasteiger partial charge in [0.2, 0.25) is 10.0 Å². The minimum atomic E-state index is -3.69. The van der Waals surface area contributed by atoms with Gasteiger partial charge in [-0.3, -0.25) is 4.68 Å². The first-order chi connectivity index (χ1) is 10.4. The number of nitrogens with zero attached hydrogens (tertiary/aromatic N) is 4. The third kappa shape index (κ3) is 2.62. The zero-order chi connectivity index (χ0) is 15.9. The molecule has 0 bridgehead atoms. The zero-order valence-corrected chi connectivity index (χ0v) is 13.9. The number of hydrogen-bond donors (Lipinski definition) is 1. The Kier molecular flexibility index (Phi) is 3.71. The maximum absolute atomic E-state index is 12.6. The standard InChI is InChI=1S/C13H15N5O2S2/c1-8-10(7-18(3)14-8)9(2)17-22(19,20)12-6-4-5-11-13(12)16-21-15-11/h4-7,9,17H,1-3H3. The predicted molar refractivity (Wildman–Crippen MR) is 84.1 cm³/mol. The Bertz CT molecular complexity index is 929. The summed E-state index contributed by atoms with van der Waals surface area (Å²) in [6.45, 7) is 3.65. The minimum Gasteiger partial charge on any atom is -0.275 e. The van der Waals surface area contributed by atoms with E-state index in [-0.39, 0.29) is 10.9 Å². The van der Waals surface area contributed by atoms with Gasteiger partial charge in [0.1, 0.15) is 15.9 Å². The molecule has 1 aromatic carbocycles. The summed E-state index contributed by atoms with van der Waals surface area (Å²) in [5.41, 5.74) is 2.62. The molecule has 0 aliphatic heterocycles. The van der Waals surface area contributed by atoms with Crippen molar-refractivity contribution in [2.45, 2.75) is 24.8 Å². The largest absolute Gasteiger partial charge is 0.275 e. The van der Waals surface area contributed by atoms with Crippen LogP contribution >= 0.6 is 11.7 Å². The molecule has 0 aliphatic rings. The molecule has 1 unspecified atom stereocenters. The molecule has 9 heteroatoms. The molecule has 3 aromatic rings. The van der Waals surface area contributed by atoms with Crippen molar-refractivity contribution in [1.82, 2.24) is 23.2 Å². The van der Waals surface area contributed by atoms with Gasteiger partial charge < -0.3 is 0 Å². The number of aromatic nitrogens is 4. The fourth-order valence-electron chi connectivity index (χ4n) is 2.40. The van der Waals surface area contributed by atoms with E-state index in [1.807, 2.05) is 13.1 Å². The maximum atomic E-state index is 12.6. The van der Waals surface area contributed by atoms with Gasteiger partial charge >= 0.3 is 0 Å². The number of benzene rings is 1. The smallest absolute Gasteiger partial charge is 0.243 e. The molecule has 2 heterocycles. The number of sulfonamides is 1. The van der Waals surface area contributed by atoms with Crippen molar-refractivity contribution in [3.05, 3.63) is 35.7 Å². The first-order valence-corrected chi connectivity index (χ1v) is 8.83. The van der Waals surface area contributed by atoms with E-state index < -0.39 is 10.0 Å². The van der Waals surface area contributed by atoms with Crippen molar-refractivity contribution in [3.63, 3.8) is 0 Å². The summed E-state index contributed by atoms with van der Waals surface area (Å²) in [5, 5.41) is 4.24. The molecule has 116 valence electrons. The van der Waals surface area contributed by atoms with E-state index in [4.69, 9.17) is 0 Å². The fraction of sp³-hybridized carbons (Fsp3) is 0.308. The Morgan fingerprint density at radius 3 is 2.77 bits per heavy atom. The van der Waals surface area contributed by atoms with E-state index in [9.17, 15) is 8.42 Å². The third-order valence-corrected chi connectivity index (χ3v) is 5.50. The molecule has 7 nitrogen and oxygen atoms in total. The van der Waals surface area contributed by atoms with Crippen LogP contribution in [0.3, 0.4) is 0 Å². The van der Waals surface area contributed by atoms with Crippen molar-refractivity contribution in [1.29, 1.82) is 0 Å². The Balaban J connectivity index is 1.97. The molecule has 0 saturated heterocycles. The number of aryl methyl sites for hydroxylation is 2. The average Bonchev–Trinajstić information content (AvgIpc) is 3.03. The first-order valence-electron chi connectivity index (χ1n) is 6.62. The molecule has 0 saturated carbocycles. The highest BCUT2D eigenvalue weighted by molar-refractivity contribution is 7.89. The predicted octanol–water partition coefficient (Wildman–Crippen LogP) is 1.77. The van der Waals surface area contributed by atoms with E-state index >= 15 is 0 Å². The summed E-state index contributed by atoms with van der Waals surface area (Å²) in [6.07, 6.45) is 1.81. The van der Waals surface area contributed by atoms with Crippen LogP contribution < -0.4 is 4.72 Å². The van der Waals surface area contributed by atoms with E-state index in [1.54, 1.807) is 30.8 Å². The second-order valence-electron chi connectivity index (χ2n) is 5.07. The number of hydrogen-bond acceptors (Lipinski definition) is 6. The maximum Gasteiger partial charge on any atom is 0.243 e. The number of rotatable bonds is 4. The van der Waals surface area contributed by atoms with E-state index in [1.165, 1.54) is 6.07 Å². The van der Waals surface area contributed by atoms with Crippen LogP contribution in [-0.2, 0) is 17.1 Å². The van der Waals surface area contributed by atoms with Gasteiger partial charge in [0.15, 0.2) is 0 Å². The molecule has 3 rings (SSSR count). The molecule has 0 aliphatic carbocycles. The lowest BCUT2D eigenvalue weighted by molar-refractivity contribution is 0.567. The monoisotopic (exact) mass is 337 g/mol. The average molecular weight is 337 g/mol. The van der Waals surface area contributed by atoms with Crippen molar-refractivity contribution < 1.29 is 8.42 Å². The SMILES string of the molecule is Cc1nn(C)cc1C(C)NS(=O)(=O)c1cccc2nsnc12. The van der Waals surface area contributed by atoms with Crippen LogP contribution in [0.25, 0.3) is 11.0 Å². The van der Waals surface area contributed by atoms with Crippen LogP contribution in [0.5, 0.6) is 0 Å². The lowest BCUT2D eigenvalue weighted by Crippen LogP contribution is -2.27. The van der Waals surface area contributed by atoms with Gasteiger partial charge in [0.05, 0.1) is 17.4 Å². The van der Waals surface area contributed by atoms with Crippen molar-refractivity contribution >= 4 is 32.8 Å². The Labute approximate surface area is 132 Å². The normalized spacial score (nSPS) is 13.6. The molecule has 22 heavy (non-hydrogen) atoms. The summed E-state index contributed by atoms with van der Waals surface area (Å²) >= 11 is 0.999. The fourth-order valence-corrected chi connectivity index (χ4v) is 4.39. The minimum absolute atomic E-state index is 0.146. The molecular formula is C13H15N5O2S2. The highest BCUT2D eigenvalue weighted by atomic mass is 32.2. The Morgan fingerprint density at radius 1 is 1.32 bits per heavy atom. The van der Waals surface area contributed by atoms with Crippen molar-refractivity contribution in [2.24, 2.45) is 7.05 Å². The van der Waals surface area contributed by atoms with Gasteiger partial charge in [-0.1, -0.05) is 6.07 Å². The summed E-state index contributed by atoms with van der Waals surface area (Å²) in [6, 6.07) is 4.56. The van der Waals surface area contributed by atoms with E-state index in [0.29, 0.717) is 11.0 Å². The molecule has 2 aromatic heterocycles. The van der Waals surface area contributed by atoms with Crippen molar-refractivity contribution in [2.75, 3.05) is 0 Å². The Hall–Kier alpha value is -1.84. The Morgan fingerprint density at radius 2 is 2.09 bits per heavy atom. The molecule has 0 amide bonds. The molecule has 0 spiro atoms. The third-order valence-electron chi connectivity index (χ3n) is 3.39. The van der Waals surface area contributed by atoms with Crippen LogP contribution in [0, 0.1) is 6.92 Å². The highest BCUT2D eigenvalue weighted by Gasteiger charge is 2.23. The van der Waals surface area contributed by atoms with Crippen LogP contribution in [0.1, 0.15) is 24.2 Å². The van der Waals surface area contributed by atoms with Gasteiger partial charge in [0, 0.05) is 24.8 Å². The van der Waals surface area contributed by atoms with E-state index in [0.717, 1.165) is 23.0 Å². The lowest BCUT2D eigenvalue weighted by atomic mass is 10.1. The van der Waals surface area contributed by atoms with Gasteiger partial charge in [-0.15, -0.1) is 0 Å². The van der Waals surface area contributed by atoms with Crippen LogP contribution in [0.15, 0.2) is 29.3 Å². The lowest BCUT2D eigenvalue weighted by Gasteiger charge is -2.13. The summed E-state index contributed by atoms with van der Waals surface area (Å²) < 4.78 is 37.8. The van der Waals surface area contributed by atoms with Gasteiger partial charge in [-0.2, -0.15) is 13.8 Å². The topological polar surface area (TPSA) is 89.8 Å². The second kappa shape index (κ2) is 5.41. The molecule has 0 fully saturated rings. The number of nitrogens with one attached hydrogen (secondary N) is 1. The molecule has 1 N–H and O–H groups in total. The van der Waals surface area contributed by atoms with Gasteiger partial charge in [0.25, 0.3) is 0 Å². The highest BCUT2D eigenvalue weighted by Crippen LogP contribution is 2.24. The van der Waals surface area contributed by atoms with Crippen LogP contribution in [0.4, 0.5) is 0 Å². The van der Waals surface area contributed by atoms with Crippen LogP contribution in [0.2, 0.25) is 0 Å². The summed E-state index contributed by atoms with van der Waals surface area (Å²) in [5.74, 6) is 0.